The van der Waals surface area contributed by atoms with Crippen molar-refractivity contribution < 1.29 is 48.5 Å². The standard InChI is InChI=1S/C13H21O10P/c1-8(14)6-9(12(17)18)4-5-23-24(21,22)7-10(13(19)20)2-3-11(15)16/h9-10H,2-7H2,1H3,(H,15,16)(H,17,18)(H,19,20)(H,21,22). The first-order valence-corrected chi connectivity index (χ1v) is 8.84. The van der Waals surface area contributed by atoms with E-state index in [1.54, 1.807) is 0 Å². The Morgan fingerprint density at radius 3 is 1.96 bits per heavy atom. The maximum Gasteiger partial charge on any atom is 0.328 e. The lowest BCUT2D eigenvalue weighted by molar-refractivity contribution is -0.144. The van der Waals surface area contributed by atoms with Crippen LogP contribution in [-0.4, -0.2) is 56.7 Å². The van der Waals surface area contributed by atoms with Crippen molar-refractivity contribution in [1.29, 1.82) is 0 Å². The highest BCUT2D eigenvalue weighted by atomic mass is 31.2. The second-order valence-electron chi connectivity index (χ2n) is 5.35. The number of carbonyl (C=O) groups excluding carboxylic acids is 1. The Morgan fingerprint density at radius 2 is 1.54 bits per heavy atom. The van der Waals surface area contributed by atoms with Gasteiger partial charge in [0, 0.05) is 12.8 Å². The lowest BCUT2D eigenvalue weighted by Gasteiger charge is -2.17. The predicted molar refractivity (Wildman–Crippen MR) is 79.7 cm³/mol. The van der Waals surface area contributed by atoms with E-state index in [-0.39, 0.29) is 25.0 Å². The first-order valence-electron chi connectivity index (χ1n) is 7.07. The Bertz CT molecular complexity index is 529. The fourth-order valence-corrected chi connectivity index (χ4v) is 3.31. The molecule has 0 aliphatic carbocycles. The van der Waals surface area contributed by atoms with Gasteiger partial charge in [-0.25, -0.2) is 0 Å². The summed E-state index contributed by atoms with van der Waals surface area (Å²) in [6, 6.07) is 0. The highest BCUT2D eigenvalue weighted by Gasteiger charge is 2.31. The first kappa shape index (κ1) is 22.2. The summed E-state index contributed by atoms with van der Waals surface area (Å²) in [5.41, 5.74) is 0. The molecule has 0 aromatic carbocycles. The second kappa shape index (κ2) is 10.2. The van der Waals surface area contributed by atoms with E-state index in [0.29, 0.717) is 0 Å². The zero-order valence-corrected chi connectivity index (χ0v) is 14.0. The van der Waals surface area contributed by atoms with E-state index < -0.39 is 56.5 Å². The molecule has 138 valence electrons. The molecule has 0 amide bonds. The summed E-state index contributed by atoms with van der Waals surface area (Å²) in [4.78, 5) is 53.0. The van der Waals surface area contributed by atoms with Crippen molar-refractivity contribution in [2.75, 3.05) is 12.8 Å². The molecular weight excluding hydrogens is 347 g/mol. The molecule has 0 heterocycles. The maximum atomic E-state index is 11.9. The van der Waals surface area contributed by atoms with Crippen LogP contribution in [0.5, 0.6) is 0 Å². The van der Waals surface area contributed by atoms with Crippen LogP contribution in [0.1, 0.15) is 32.6 Å². The van der Waals surface area contributed by atoms with Gasteiger partial charge in [0.25, 0.3) is 0 Å². The maximum absolute atomic E-state index is 11.9. The number of carbonyl (C=O) groups is 4. The molecule has 0 aliphatic rings. The molecule has 0 aromatic rings. The van der Waals surface area contributed by atoms with Gasteiger partial charge in [0.15, 0.2) is 0 Å². The molecule has 0 aliphatic heterocycles. The third-order valence-electron chi connectivity index (χ3n) is 3.15. The Balaban J connectivity index is 4.57. The van der Waals surface area contributed by atoms with Crippen molar-refractivity contribution >= 4 is 31.3 Å². The van der Waals surface area contributed by atoms with Crippen LogP contribution in [0.3, 0.4) is 0 Å². The minimum absolute atomic E-state index is 0.188. The van der Waals surface area contributed by atoms with Crippen molar-refractivity contribution in [3.63, 3.8) is 0 Å². The SMILES string of the molecule is CC(=O)CC(CCOP(=O)(O)CC(CCC(=O)O)C(=O)O)C(=O)O. The largest absolute Gasteiger partial charge is 0.481 e. The van der Waals surface area contributed by atoms with Crippen LogP contribution in [0, 0.1) is 11.8 Å². The van der Waals surface area contributed by atoms with Gasteiger partial charge in [-0.05, 0) is 19.8 Å². The van der Waals surface area contributed by atoms with E-state index in [1.807, 2.05) is 0 Å². The zero-order valence-electron chi connectivity index (χ0n) is 13.1. The van der Waals surface area contributed by atoms with Gasteiger partial charge in [0.05, 0.1) is 24.6 Å². The molecule has 0 spiro atoms. The fourth-order valence-electron chi connectivity index (χ4n) is 1.92. The molecule has 0 saturated carbocycles. The molecule has 3 unspecified atom stereocenters. The Morgan fingerprint density at radius 1 is 1.00 bits per heavy atom. The molecule has 0 radical (unpaired) electrons. The lowest BCUT2D eigenvalue weighted by Crippen LogP contribution is -2.21. The third-order valence-corrected chi connectivity index (χ3v) is 4.64. The van der Waals surface area contributed by atoms with Gasteiger partial charge in [-0.15, -0.1) is 0 Å². The number of carboxylic acids is 3. The van der Waals surface area contributed by atoms with Gasteiger partial charge in [-0.3, -0.25) is 18.9 Å². The number of aliphatic carboxylic acids is 3. The van der Waals surface area contributed by atoms with Gasteiger partial charge in [-0.2, -0.15) is 0 Å². The molecule has 3 atom stereocenters. The van der Waals surface area contributed by atoms with Crippen molar-refractivity contribution in [3.8, 4) is 0 Å². The predicted octanol–water partition coefficient (Wildman–Crippen LogP) is 0.824. The summed E-state index contributed by atoms with van der Waals surface area (Å²) >= 11 is 0. The number of carboxylic acid groups (broad SMARTS) is 3. The van der Waals surface area contributed by atoms with Crippen LogP contribution < -0.4 is 0 Å². The smallest absolute Gasteiger partial charge is 0.328 e. The average molecular weight is 368 g/mol. The summed E-state index contributed by atoms with van der Waals surface area (Å²) in [5.74, 6) is -6.69. The summed E-state index contributed by atoms with van der Waals surface area (Å²) in [6.45, 7) is 0.775. The molecular formula is C13H21O10P. The molecule has 24 heavy (non-hydrogen) atoms. The molecule has 0 fully saturated rings. The fraction of sp³-hybridized carbons (Fsp3) is 0.692. The monoisotopic (exact) mass is 368 g/mol. The lowest BCUT2D eigenvalue weighted by atomic mass is 10.0. The Kier molecular flexibility index (Phi) is 9.42. The topological polar surface area (TPSA) is 176 Å². The molecule has 11 heteroatoms. The van der Waals surface area contributed by atoms with Crippen LogP contribution in [0.4, 0.5) is 0 Å². The minimum Gasteiger partial charge on any atom is -0.481 e. The Labute approximate surface area is 138 Å². The van der Waals surface area contributed by atoms with Crippen LogP contribution in [0.2, 0.25) is 0 Å². The van der Waals surface area contributed by atoms with Gasteiger partial charge in [-0.1, -0.05) is 0 Å². The van der Waals surface area contributed by atoms with Gasteiger partial charge in [0.2, 0.25) is 0 Å². The van der Waals surface area contributed by atoms with Crippen LogP contribution in [0.15, 0.2) is 0 Å². The summed E-state index contributed by atoms with van der Waals surface area (Å²) in [7, 11) is -4.33. The van der Waals surface area contributed by atoms with Crippen LogP contribution >= 0.6 is 7.60 Å². The number of rotatable bonds is 13. The molecule has 0 bridgehead atoms. The van der Waals surface area contributed by atoms with E-state index in [1.165, 1.54) is 6.92 Å². The van der Waals surface area contributed by atoms with Crippen molar-refractivity contribution in [3.05, 3.63) is 0 Å². The van der Waals surface area contributed by atoms with Gasteiger partial charge >= 0.3 is 25.5 Å². The molecule has 0 rings (SSSR count). The molecule has 0 saturated heterocycles. The number of hydrogen-bond donors (Lipinski definition) is 4. The molecule has 4 N–H and O–H groups in total. The number of hydrogen-bond acceptors (Lipinski definition) is 6. The quantitative estimate of drug-likeness (QED) is 0.340. The molecule has 10 nitrogen and oxygen atoms in total. The molecule has 0 aromatic heterocycles. The number of Topliss-reactive ketones (excluding diaryl/α,β-unsaturated/α-hetero) is 1. The highest BCUT2D eigenvalue weighted by Crippen LogP contribution is 2.45. The first-order chi connectivity index (χ1) is 10.9. The van der Waals surface area contributed by atoms with Crippen molar-refractivity contribution in [2.45, 2.75) is 32.6 Å². The summed E-state index contributed by atoms with van der Waals surface area (Å²) in [5, 5.41) is 26.4. The van der Waals surface area contributed by atoms with E-state index in [9.17, 15) is 28.6 Å². The highest BCUT2D eigenvalue weighted by molar-refractivity contribution is 7.52. The van der Waals surface area contributed by atoms with Gasteiger partial charge < -0.3 is 29.5 Å². The normalized spacial score (nSPS) is 15.9. The average Bonchev–Trinajstić information content (AvgIpc) is 2.41. The summed E-state index contributed by atoms with van der Waals surface area (Å²) in [6.07, 6.45) is -2.02. The van der Waals surface area contributed by atoms with E-state index >= 15 is 0 Å². The zero-order chi connectivity index (χ0) is 18.9. The van der Waals surface area contributed by atoms with E-state index in [4.69, 9.17) is 19.8 Å². The van der Waals surface area contributed by atoms with E-state index in [2.05, 4.69) is 0 Å². The van der Waals surface area contributed by atoms with Gasteiger partial charge in [0.1, 0.15) is 5.78 Å². The van der Waals surface area contributed by atoms with Crippen LogP contribution in [0.25, 0.3) is 0 Å². The third kappa shape index (κ3) is 10.1. The van der Waals surface area contributed by atoms with E-state index in [0.717, 1.165) is 0 Å². The minimum atomic E-state index is -4.33. The second-order valence-corrected chi connectivity index (χ2v) is 7.25. The van der Waals surface area contributed by atoms with Crippen molar-refractivity contribution in [2.24, 2.45) is 11.8 Å². The Hall–Kier alpha value is -1.77. The van der Waals surface area contributed by atoms with Crippen LogP contribution in [-0.2, 0) is 28.3 Å². The summed E-state index contributed by atoms with van der Waals surface area (Å²) < 4.78 is 16.6. The van der Waals surface area contributed by atoms with Crippen molar-refractivity contribution in [1.82, 2.24) is 0 Å². The number of ketones is 1.